The van der Waals surface area contributed by atoms with Gasteiger partial charge in [0.2, 0.25) is 24.0 Å². The van der Waals surface area contributed by atoms with Crippen LogP contribution in [0, 0.1) is 23.5 Å². The van der Waals surface area contributed by atoms with Crippen molar-refractivity contribution in [2.75, 3.05) is 69.3 Å². The van der Waals surface area contributed by atoms with Crippen molar-refractivity contribution in [2.24, 2.45) is 11.8 Å². The SMILES string of the molecule is C=C1C=CC(=O)N1CCCCCC(=O)NCCC(=O)Nc1cc(COC(=O)NCCSCC(=O)N(CC2CNCC2F)C(c2ncc(-c3cc(F)ccc3F)[nH]2)C2CCOCC2)ccc1OC1OC(C(=O)O)C(O)C(O)C1O. The number of imidazole rings is 1. The normalized spacial score (nSPS) is 22.7. The molecule has 8 unspecified atom stereocenters. The van der Waals surface area contributed by atoms with Gasteiger partial charge < -0.3 is 75.4 Å². The van der Waals surface area contributed by atoms with Gasteiger partial charge in [0.1, 0.15) is 54.3 Å². The minimum Gasteiger partial charge on any atom is -0.479 e. The second-order valence-corrected chi connectivity index (χ2v) is 20.3. The number of aliphatic hydroxyl groups excluding tert-OH is 3. The van der Waals surface area contributed by atoms with Gasteiger partial charge in [-0.25, -0.2) is 27.7 Å². The van der Waals surface area contributed by atoms with Crippen LogP contribution in [0.4, 0.5) is 23.7 Å². The number of halogens is 3. The highest BCUT2D eigenvalue weighted by molar-refractivity contribution is 7.99. The quantitative estimate of drug-likeness (QED) is 0.0522. The predicted molar refractivity (Wildman–Crippen MR) is 275 cm³/mol. The molecular weight excluding hydrogens is 1050 g/mol. The summed E-state index contributed by atoms with van der Waals surface area (Å²) < 4.78 is 66.3. The van der Waals surface area contributed by atoms with E-state index in [9.17, 15) is 58.0 Å². The number of thioether (sulfide) groups is 1. The lowest BCUT2D eigenvalue weighted by Gasteiger charge is -2.39. The molecule has 424 valence electrons. The molecule has 2 aromatic carbocycles. The van der Waals surface area contributed by atoms with Crippen LogP contribution in [-0.2, 0) is 44.8 Å². The number of alkyl halides is 1. The summed E-state index contributed by atoms with van der Waals surface area (Å²) >= 11 is 1.21. The number of aromatic nitrogens is 2. The van der Waals surface area contributed by atoms with Crippen LogP contribution in [-0.4, -0.2) is 177 Å². The Bertz CT molecular complexity index is 2630. The number of hydrogen-bond acceptors (Lipinski definition) is 16. The predicted octanol–water partition coefficient (Wildman–Crippen LogP) is 3.06. The van der Waals surface area contributed by atoms with Crippen LogP contribution in [0.15, 0.2) is 67.0 Å². The number of ether oxygens (including phenoxy) is 4. The number of aliphatic hydroxyl groups is 3. The number of unbranched alkanes of at least 4 members (excludes halogenated alkanes) is 2. The number of nitrogens with one attached hydrogen (secondary N) is 5. The number of amides is 5. The van der Waals surface area contributed by atoms with Crippen LogP contribution in [0.2, 0.25) is 0 Å². The van der Waals surface area contributed by atoms with Crippen molar-refractivity contribution in [1.29, 1.82) is 0 Å². The molecular formula is C52H65F3N8O14S. The van der Waals surface area contributed by atoms with Crippen LogP contribution >= 0.6 is 11.8 Å². The highest BCUT2D eigenvalue weighted by Gasteiger charge is 2.48. The number of allylic oxidation sites excluding steroid dienone is 1. The minimum absolute atomic E-state index is 0.0376. The number of rotatable bonds is 26. The van der Waals surface area contributed by atoms with E-state index in [0.29, 0.717) is 75.5 Å². The number of aliphatic carboxylic acids is 1. The molecule has 3 fully saturated rings. The summed E-state index contributed by atoms with van der Waals surface area (Å²) in [6.45, 7) is 5.32. The zero-order valence-corrected chi connectivity index (χ0v) is 43.4. The van der Waals surface area contributed by atoms with Gasteiger partial charge in [-0.1, -0.05) is 19.1 Å². The number of H-pyrrole nitrogens is 1. The standard InChI is InChI=1S/C52H65F3N8O14S/c1-29-6-11-42(66)62(29)17-4-2-3-5-40(64)57-15-12-41(65)60-37-21-30(7-10-39(37)76-51-47(70)45(68)46(69)48(77-51)50(71)72)27-75-52(73)58-16-20-78-28-43(67)63(26-32-23-56-24-36(32)55)44(31-13-18-74-19-14-31)49-59-25-38(61-49)34-22-33(53)8-9-35(34)54/h6-11,21-22,25,31-32,36,44-48,51,56,68-70H,1-5,12-20,23-24,26-28H2,(H,57,64)(H,58,73)(H,59,61)(H,60,65)(H,71,72). The van der Waals surface area contributed by atoms with Crippen LogP contribution in [0.25, 0.3) is 11.3 Å². The van der Waals surface area contributed by atoms with Gasteiger partial charge in [-0.3, -0.25) is 19.2 Å². The van der Waals surface area contributed by atoms with Gasteiger partial charge in [-0.15, -0.1) is 0 Å². The van der Waals surface area contributed by atoms with Gasteiger partial charge >= 0.3 is 12.1 Å². The Balaban J connectivity index is 0.927. The topological polar surface area (TPSA) is 304 Å². The van der Waals surface area contributed by atoms with E-state index in [-0.39, 0.29) is 103 Å². The van der Waals surface area contributed by atoms with E-state index in [1.165, 1.54) is 42.2 Å². The summed E-state index contributed by atoms with van der Waals surface area (Å²) in [5.74, 6) is -4.66. The molecule has 4 aliphatic heterocycles. The summed E-state index contributed by atoms with van der Waals surface area (Å²) in [5, 5.41) is 51.6. The molecule has 4 aliphatic rings. The Kier molecular flexibility index (Phi) is 21.5. The molecule has 0 bridgehead atoms. The third-order valence-electron chi connectivity index (χ3n) is 13.6. The van der Waals surface area contributed by atoms with Gasteiger partial charge in [0.05, 0.1) is 29.4 Å². The van der Waals surface area contributed by atoms with E-state index in [4.69, 9.17) is 18.9 Å². The third kappa shape index (κ3) is 16.0. The lowest BCUT2D eigenvalue weighted by atomic mass is 9.89. The first kappa shape index (κ1) is 59.1. The molecule has 0 aliphatic carbocycles. The fraction of sp³-hybridized carbons (Fsp3) is 0.519. The number of aromatic amines is 1. The van der Waals surface area contributed by atoms with Crippen molar-refractivity contribution < 1.29 is 81.3 Å². The fourth-order valence-corrected chi connectivity index (χ4v) is 10.1. The first-order valence-electron chi connectivity index (χ1n) is 25.6. The highest BCUT2D eigenvalue weighted by Crippen LogP contribution is 2.37. The van der Waals surface area contributed by atoms with Crippen molar-refractivity contribution >= 4 is 53.1 Å². The van der Waals surface area contributed by atoms with Crippen LogP contribution < -0.4 is 26.0 Å². The molecule has 22 nitrogen and oxygen atoms in total. The Hall–Kier alpha value is -6.55. The maximum atomic E-state index is 15.2. The lowest BCUT2D eigenvalue weighted by Crippen LogP contribution is -2.61. The van der Waals surface area contributed by atoms with Gasteiger partial charge in [0, 0.05) is 94.3 Å². The second kappa shape index (κ2) is 28.4. The monoisotopic (exact) mass is 1110 g/mol. The largest absolute Gasteiger partial charge is 0.479 e. The average molecular weight is 1120 g/mol. The number of hydrogen-bond donors (Lipinski definition) is 9. The van der Waals surface area contributed by atoms with Crippen molar-refractivity contribution in [2.45, 2.75) is 94.5 Å². The number of carbonyl (C=O) groups excluding carboxylic acids is 5. The fourth-order valence-electron chi connectivity index (χ4n) is 9.39. The summed E-state index contributed by atoms with van der Waals surface area (Å²) in [7, 11) is 0. The van der Waals surface area contributed by atoms with Crippen molar-refractivity contribution in [3.8, 4) is 17.0 Å². The summed E-state index contributed by atoms with van der Waals surface area (Å²) in [6.07, 6.45) is -4.35. The molecule has 3 saturated heterocycles. The average Bonchev–Trinajstić information content (AvgIpc) is 4.21. The second-order valence-electron chi connectivity index (χ2n) is 19.2. The molecule has 9 N–H and O–H groups in total. The Morgan fingerprint density at radius 3 is 2.47 bits per heavy atom. The molecule has 78 heavy (non-hydrogen) atoms. The van der Waals surface area contributed by atoms with Gasteiger partial charge in [0.15, 0.2) is 6.10 Å². The highest BCUT2D eigenvalue weighted by atomic mass is 32.2. The number of nitrogens with zero attached hydrogens (tertiary/aromatic N) is 3. The number of carboxylic acid groups (broad SMARTS) is 1. The summed E-state index contributed by atoms with van der Waals surface area (Å²) in [4.78, 5) is 87.4. The zero-order chi connectivity index (χ0) is 55.9. The number of benzene rings is 2. The summed E-state index contributed by atoms with van der Waals surface area (Å²) in [5.41, 5.74) is 1.05. The first-order chi connectivity index (χ1) is 37.5. The molecule has 8 atom stereocenters. The van der Waals surface area contributed by atoms with Gasteiger partial charge in [-0.2, -0.15) is 11.8 Å². The number of carboxylic acids is 1. The minimum atomic E-state index is -1.99. The van der Waals surface area contributed by atoms with Crippen LogP contribution in [0.1, 0.15) is 62.4 Å². The first-order valence-corrected chi connectivity index (χ1v) is 26.8. The molecule has 5 amide bonds. The van der Waals surface area contributed by atoms with Gasteiger partial charge in [-0.05, 0) is 73.6 Å². The molecule has 1 aromatic heterocycles. The molecule has 5 heterocycles. The molecule has 26 heteroatoms. The zero-order valence-electron chi connectivity index (χ0n) is 42.6. The molecule has 0 saturated carbocycles. The Morgan fingerprint density at radius 2 is 1.74 bits per heavy atom. The number of alkyl carbamates (subject to hydrolysis) is 1. The third-order valence-corrected chi connectivity index (χ3v) is 14.6. The van der Waals surface area contributed by atoms with E-state index in [2.05, 4.69) is 37.8 Å². The Labute approximate surface area is 451 Å². The summed E-state index contributed by atoms with van der Waals surface area (Å²) in [6, 6.07) is 6.49. The molecule has 7 rings (SSSR count). The number of anilines is 1. The molecule has 0 spiro atoms. The van der Waals surface area contributed by atoms with E-state index in [1.54, 1.807) is 15.9 Å². The van der Waals surface area contributed by atoms with Crippen molar-refractivity contribution in [1.82, 2.24) is 35.7 Å². The van der Waals surface area contributed by atoms with E-state index < -0.39 is 78.4 Å². The Morgan fingerprint density at radius 1 is 0.949 bits per heavy atom. The van der Waals surface area contributed by atoms with Crippen molar-refractivity contribution in [3.05, 3.63) is 90.0 Å². The maximum absolute atomic E-state index is 15.2. The van der Waals surface area contributed by atoms with Crippen molar-refractivity contribution in [3.63, 3.8) is 0 Å². The van der Waals surface area contributed by atoms with E-state index in [0.717, 1.165) is 18.2 Å². The van der Waals surface area contributed by atoms with E-state index in [1.807, 2.05) is 0 Å². The van der Waals surface area contributed by atoms with Crippen LogP contribution in [0.5, 0.6) is 5.75 Å². The maximum Gasteiger partial charge on any atom is 0.407 e. The van der Waals surface area contributed by atoms with Crippen LogP contribution in [0.3, 0.4) is 0 Å². The van der Waals surface area contributed by atoms with Gasteiger partial charge in [0.25, 0.3) is 5.91 Å². The number of carbonyl (C=O) groups is 6. The smallest absolute Gasteiger partial charge is 0.407 e. The van der Waals surface area contributed by atoms with E-state index >= 15 is 4.39 Å². The molecule has 0 radical (unpaired) electrons. The molecule has 3 aromatic rings. The lowest BCUT2D eigenvalue weighted by molar-refractivity contribution is -0.271.